The molecule has 0 rings (SSSR count). The van der Waals surface area contributed by atoms with Crippen LogP contribution >= 0.6 is 20.1 Å². The third-order valence-corrected chi connectivity index (χ3v) is 3.99. The Bertz CT molecular complexity index is 379. The van der Waals surface area contributed by atoms with Crippen molar-refractivity contribution in [2.45, 2.75) is 110 Å². The number of hydrogen-bond donors (Lipinski definition) is 1. The summed E-state index contributed by atoms with van der Waals surface area (Å²) in [6.07, 6.45) is 20.2. The van der Waals surface area contributed by atoms with Crippen LogP contribution in [0.1, 0.15) is 110 Å². The fourth-order valence-corrected chi connectivity index (χ4v) is 2.65. The monoisotopic (exact) mass is 438 g/mol. The van der Waals surface area contributed by atoms with Crippen molar-refractivity contribution in [3.63, 3.8) is 0 Å². The number of halogens is 2. The first-order valence-electron chi connectivity index (χ1n) is 9.63. The van der Waals surface area contributed by atoms with Crippen LogP contribution in [0.2, 0.25) is 0 Å². The molecule has 25 heavy (non-hydrogen) atoms. The predicted molar refractivity (Wildman–Crippen MR) is 100 cm³/mol. The van der Waals surface area contributed by atoms with Crippen LogP contribution in [0.15, 0.2) is 0 Å². The zero-order chi connectivity index (χ0) is 19.4. The van der Waals surface area contributed by atoms with E-state index in [1.807, 2.05) is 0 Å². The van der Waals surface area contributed by atoms with Gasteiger partial charge in [-0.25, -0.2) is 0 Å². The van der Waals surface area contributed by atoms with Gasteiger partial charge in [0.1, 0.15) is 0 Å². The maximum atomic E-state index is 10.3. The van der Waals surface area contributed by atoms with Crippen molar-refractivity contribution in [3.8, 4) is 0 Å². The Morgan fingerprint density at radius 3 is 1.16 bits per heavy atom. The van der Waals surface area contributed by atoms with Crippen LogP contribution in [-0.4, -0.2) is 11.1 Å². The molecule has 0 saturated carbocycles. The molecule has 0 aliphatic carbocycles. The number of aliphatic carboxylic acids is 1. The van der Waals surface area contributed by atoms with Gasteiger partial charge in [-0.1, -0.05) is 96.8 Å². The second kappa shape index (κ2) is 20.5. The molecule has 0 unspecified atom stereocenters. The summed E-state index contributed by atoms with van der Waals surface area (Å²) >= 11 is -4.31. The first-order valence-corrected chi connectivity index (χ1v) is 14.2. The summed E-state index contributed by atoms with van der Waals surface area (Å²) in [6, 6.07) is 0. The number of hydrogen-bond acceptors (Lipinski definition) is 3. The molecule has 7 heteroatoms. The Balaban J connectivity index is 0. The molecule has 152 valence electrons. The van der Waals surface area contributed by atoms with Gasteiger partial charge >= 0.3 is 44.8 Å². The van der Waals surface area contributed by atoms with Gasteiger partial charge in [0.25, 0.3) is 0 Å². The first-order chi connectivity index (χ1) is 11.8. The van der Waals surface area contributed by atoms with Crippen LogP contribution in [0.4, 0.5) is 0 Å². The summed E-state index contributed by atoms with van der Waals surface area (Å²) in [5.41, 5.74) is 0. The molecule has 0 saturated heterocycles. The van der Waals surface area contributed by atoms with E-state index in [1.54, 1.807) is 0 Å². The van der Waals surface area contributed by atoms with Gasteiger partial charge in [-0.2, -0.15) is 0 Å². The standard InChI is InChI=1S/C18H36O2.2ClH.Cr.2O/c1-2-3-4-5-6-7-8-9-10-11-12-13-14-15-16-17-18(19)20;;;;;/h2-17H2,1H3,(H,19,20);2*1H;;;/q;;;+2;;/p-2. The van der Waals surface area contributed by atoms with Crippen molar-refractivity contribution in [3.05, 3.63) is 0 Å². The van der Waals surface area contributed by atoms with E-state index >= 15 is 0 Å². The van der Waals surface area contributed by atoms with Gasteiger partial charge in [-0.15, -0.1) is 0 Å². The zero-order valence-corrected chi connectivity index (χ0v) is 18.4. The molecule has 1 N–H and O–H groups in total. The Morgan fingerprint density at radius 1 is 0.680 bits per heavy atom. The quantitative estimate of drug-likeness (QED) is 0.253. The van der Waals surface area contributed by atoms with Crippen molar-refractivity contribution in [2.24, 2.45) is 0 Å². The van der Waals surface area contributed by atoms with Gasteiger partial charge in [-0.05, 0) is 6.42 Å². The van der Waals surface area contributed by atoms with Gasteiger partial charge in [0.2, 0.25) is 0 Å². The normalized spacial score (nSPS) is 11.0. The third kappa shape index (κ3) is 40.3. The maximum absolute atomic E-state index is 10.3. The molecule has 0 radical (unpaired) electrons. The molecule has 4 nitrogen and oxygen atoms in total. The number of carboxylic acid groups (broad SMARTS) is 1. The Morgan fingerprint density at radius 2 is 0.920 bits per heavy atom. The molecule has 0 aliphatic rings. The molecular weight excluding hydrogens is 403 g/mol. The number of unbranched alkanes of at least 4 members (excludes halogenated alkanes) is 14. The molecule has 0 bridgehead atoms. The van der Waals surface area contributed by atoms with E-state index in [0.29, 0.717) is 6.42 Å². The summed E-state index contributed by atoms with van der Waals surface area (Å²) in [4.78, 5) is 10.3. The minimum atomic E-state index is -4.31. The molecule has 0 heterocycles. The van der Waals surface area contributed by atoms with Crippen LogP contribution in [0.5, 0.6) is 0 Å². The summed E-state index contributed by atoms with van der Waals surface area (Å²) in [5.74, 6) is -0.653. The van der Waals surface area contributed by atoms with E-state index in [0.717, 1.165) is 12.8 Å². The van der Waals surface area contributed by atoms with Gasteiger partial charge in [0.05, 0.1) is 0 Å². The van der Waals surface area contributed by atoms with Crippen molar-refractivity contribution in [1.29, 1.82) is 0 Å². The average Bonchev–Trinajstić information content (AvgIpc) is 2.49. The second-order valence-electron chi connectivity index (χ2n) is 6.47. The van der Waals surface area contributed by atoms with Crippen LogP contribution in [0, 0.1) is 0 Å². The fraction of sp³-hybridized carbons (Fsp3) is 0.944. The first kappa shape index (κ1) is 27.4. The molecule has 0 aromatic rings. The summed E-state index contributed by atoms with van der Waals surface area (Å²) in [7, 11) is 8.68. The van der Waals surface area contributed by atoms with E-state index in [1.165, 1.54) is 83.5 Å². The number of carbonyl (C=O) groups is 1. The van der Waals surface area contributed by atoms with E-state index in [2.05, 4.69) is 27.0 Å². The predicted octanol–water partition coefficient (Wildman–Crippen LogP) is 7.47. The van der Waals surface area contributed by atoms with Gasteiger partial charge in [0.15, 0.2) is 0 Å². The SMILES string of the molecule is CCCCCCCCCCCCCCCCCC(=O)O.[O]=[Cr](=[O])([Cl])[Cl]. The topological polar surface area (TPSA) is 71.4 Å². The molecule has 0 aromatic carbocycles. The van der Waals surface area contributed by atoms with Gasteiger partial charge in [0, 0.05) is 6.42 Å². The summed E-state index contributed by atoms with van der Waals surface area (Å²) < 4.78 is 18.5. The Kier molecular flexibility index (Phi) is 22.5. The number of carboxylic acids is 1. The average molecular weight is 439 g/mol. The number of rotatable bonds is 16. The van der Waals surface area contributed by atoms with E-state index in [-0.39, 0.29) is 0 Å². The van der Waals surface area contributed by atoms with Gasteiger partial charge in [-0.3, -0.25) is 4.79 Å². The van der Waals surface area contributed by atoms with Crippen molar-refractivity contribution in [1.82, 2.24) is 0 Å². The van der Waals surface area contributed by atoms with Crippen LogP contribution in [0.3, 0.4) is 0 Å². The second-order valence-corrected chi connectivity index (χ2v) is 11.7. The van der Waals surface area contributed by atoms with Crippen LogP contribution in [0.25, 0.3) is 0 Å². The molecule has 0 amide bonds. The molecule has 0 fully saturated rings. The molecular formula is C18H36Cl2CrO4. The summed E-state index contributed by atoms with van der Waals surface area (Å²) in [6.45, 7) is 2.27. The molecule has 0 aliphatic heterocycles. The van der Waals surface area contributed by atoms with E-state index in [9.17, 15) is 12.4 Å². The third-order valence-electron chi connectivity index (χ3n) is 3.99. The van der Waals surface area contributed by atoms with Gasteiger partial charge < -0.3 is 5.11 Å². The summed E-state index contributed by atoms with van der Waals surface area (Å²) in [5, 5.41) is 8.52. The zero-order valence-electron chi connectivity index (χ0n) is 15.6. The molecule has 0 aromatic heterocycles. The fourth-order valence-electron chi connectivity index (χ4n) is 2.65. The Hall–Kier alpha value is 0.182. The van der Waals surface area contributed by atoms with Crippen LogP contribution < -0.4 is 0 Å². The van der Waals surface area contributed by atoms with Crippen molar-refractivity contribution < 1.29 is 28.6 Å². The van der Waals surface area contributed by atoms with Crippen molar-refractivity contribution >= 4 is 26.1 Å². The molecule has 0 spiro atoms. The van der Waals surface area contributed by atoms with E-state index in [4.69, 9.17) is 5.11 Å². The Labute approximate surface area is 164 Å². The molecule has 0 atom stereocenters. The minimum absolute atomic E-state index is 0.345. The van der Waals surface area contributed by atoms with E-state index < -0.39 is 17.1 Å². The van der Waals surface area contributed by atoms with Crippen molar-refractivity contribution in [2.75, 3.05) is 0 Å². The van der Waals surface area contributed by atoms with Crippen LogP contribution in [-0.2, 0) is 23.5 Å².